The van der Waals surface area contributed by atoms with E-state index < -0.39 is 17.9 Å². The Hall–Kier alpha value is -1.14. The van der Waals surface area contributed by atoms with Crippen LogP contribution in [0, 0.1) is 5.92 Å². The molecular formula is C18H10Cl6O4. The van der Waals surface area contributed by atoms with Gasteiger partial charge in [0.15, 0.2) is 17.4 Å². The highest BCUT2D eigenvalue weighted by molar-refractivity contribution is 6.41. The molecule has 2 aromatic rings. The highest BCUT2D eigenvalue weighted by Gasteiger charge is 2.31. The molecule has 0 aromatic heterocycles. The van der Waals surface area contributed by atoms with Crippen LogP contribution in [-0.2, 0) is 9.59 Å². The Kier molecular flexibility index (Phi) is 8.31. The zero-order valence-corrected chi connectivity index (χ0v) is 18.3. The molecule has 0 unspecified atom stereocenters. The summed E-state index contributed by atoms with van der Waals surface area (Å²) in [5.74, 6) is -3.57. The maximum Gasteiger partial charge on any atom is 0.326 e. The Morgan fingerprint density at radius 2 is 1.11 bits per heavy atom. The van der Waals surface area contributed by atoms with Crippen LogP contribution in [0.15, 0.2) is 36.9 Å². The number of halogens is 6. The molecule has 28 heavy (non-hydrogen) atoms. The van der Waals surface area contributed by atoms with E-state index in [9.17, 15) is 9.59 Å². The van der Waals surface area contributed by atoms with Gasteiger partial charge in [-0.15, -0.1) is 6.58 Å². The van der Waals surface area contributed by atoms with Crippen molar-refractivity contribution in [1.29, 1.82) is 0 Å². The molecule has 0 saturated carbocycles. The molecule has 0 saturated heterocycles. The molecule has 10 heteroatoms. The number of hydrogen-bond acceptors (Lipinski definition) is 4. The lowest BCUT2D eigenvalue weighted by Crippen LogP contribution is -2.31. The van der Waals surface area contributed by atoms with Gasteiger partial charge in [-0.3, -0.25) is 9.59 Å². The van der Waals surface area contributed by atoms with E-state index in [1.807, 2.05) is 0 Å². The second kappa shape index (κ2) is 10.1. The SMILES string of the molecule is C=CCC(C(=O)Oc1c(Cl)cc(Cl)cc1Cl)C(=O)Oc1c(Cl)cc(Cl)cc1Cl. The van der Waals surface area contributed by atoms with E-state index in [1.165, 1.54) is 30.3 Å². The van der Waals surface area contributed by atoms with Gasteiger partial charge in [0.05, 0.1) is 20.1 Å². The summed E-state index contributed by atoms with van der Waals surface area (Å²) in [6.07, 6.45) is 1.27. The monoisotopic (exact) mass is 500 g/mol. The predicted octanol–water partition coefficient (Wildman–Crippen LogP) is 7.31. The first kappa shape index (κ1) is 23.1. The molecule has 0 radical (unpaired) electrons. The summed E-state index contributed by atoms with van der Waals surface area (Å²) in [4.78, 5) is 25.1. The van der Waals surface area contributed by atoms with E-state index in [-0.39, 0.29) is 48.1 Å². The third-order valence-corrected chi connectivity index (χ3v) is 4.86. The zero-order chi connectivity index (χ0) is 21.0. The lowest BCUT2D eigenvalue weighted by atomic mass is 10.1. The molecule has 2 rings (SSSR count). The second-order valence-electron chi connectivity index (χ2n) is 5.32. The molecule has 2 aromatic carbocycles. The van der Waals surface area contributed by atoms with Crippen LogP contribution in [0.5, 0.6) is 11.5 Å². The molecule has 0 atom stereocenters. The van der Waals surface area contributed by atoms with Crippen molar-refractivity contribution in [3.8, 4) is 11.5 Å². The number of carbonyl (C=O) groups is 2. The smallest absolute Gasteiger partial charge is 0.326 e. The lowest BCUT2D eigenvalue weighted by Gasteiger charge is -2.16. The Morgan fingerprint density at radius 3 is 1.39 bits per heavy atom. The van der Waals surface area contributed by atoms with Crippen LogP contribution in [-0.4, -0.2) is 11.9 Å². The summed E-state index contributed by atoms with van der Waals surface area (Å²) in [6.45, 7) is 3.52. The molecule has 0 aliphatic rings. The van der Waals surface area contributed by atoms with Crippen molar-refractivity contribution in [3.05, 3.63) is 67.1 Å². The van der Waals surface area contributed by atoms with Crippen molar-refractivity contribution in [1.82, 2.24) is 0 Å². The zero-order valence-electron chi connectivity index (χ0n) is 13.8. The van der Waals surface area contributed by atoms with Gasteiger partial charge >= 0.3 is 11.9 Å². The average molecular weight is 503 g/mol. The predicted molar refractivity (Wildman–Crippen MR) is 113 cm³/mol. The van der Waals surface area contributed by atoms with E-state index in [0.717, 1.165) is 0 Å². The van der Waals surface area contributed by atoms with Crippen molar-refractivity contribution in [2.75, 3.05) is 0 Å². The summed E-state index contributed by atoms with van der Waals surface area (Å²) < 4.78 is 10.4. The van der Waals surface area contributed by atoms with E-state index in [2.05, 4.69) is 6.58 Å². The Labute approximate surface area is 190 Å². The first-order chi connectivity index (χ1) is 13.1. The molecule has 0 aliphatic heterocycles. The molecule has 4 nitrogen and oxygen atoms in total. The third kappa shape index (κ3) is 5.69. The van der Waals surface area contributed by atoms with Crippen LogP contribution in [0.25, 0.3) is 0 Å². The minimum absolute atomic E-state index is 0.000334. The van der Waals surface area contributed by atoms with Gasteiger partial charge in [-0.2, -0.15) is 0 Å². The quantitative estimate of drug-likeness (QED) is 0.180. The molecule has 148 valence electrons. The molecule has 0 spiro atoms. The standard InChI is InChI=1S/C18H10Cl6O4/c1-2-3-10(17(25)27-15-11(21)4-8(19)5-12(15)22)18(26)28-16-13(23)6-9(20)7-14(16)24/h2,4-7,10H,1,3H2. The number of carbonyl (C=O) groups excluding carboxylic acids is 2. The summed E-state index contributed by atoms with van der Waals surface area (Å²) in [7, 11) is 0. The van der Waals surface area contributed by atoms with Gasteiger partial charge in [0.25, 0.3) is 0 Å². The van der Waals surface area contributed by atoms with Gasteiger partial charge in [-0.1, -0.05) is 75.7 Å². The largest absolute Gasteiger partial charge is 0.423 e. The summed E-state index contributed by atoms with van der Waals surface area (Å²) >= 11 is 35.6. The lowest BCUT2D eigenvalue weighted by molar-refractivity contribution is -0.151. The number of rotatable bonds is 6. The Morgan fingerprint density at radius 1 is 0.786 bits per heavy atom. The van der Waals surface area contributed by atoms with Gasteiger partial charge in [0, 0.05) is 10.0 Å². The summed E-state index contributed by atoms with van der Waals surface area (Å²) in [6, 6.07) is 5.36. The fraction of sp³-hybridized carbons (Fsp3) is 0.111. The van der Waals surface area contributed by atoms with E-state index >= 15 is 0 Å². The first-order valence-electron chi connectivity index (χ1n) is 7.47. The Balaban J connectivity index is 2.26. The number of hydrogen-bond donors (Lipinski definition) is 0. The number of ether oxygens (including phenoxy) is 2. The van der Waals surface area contributed by atoms with Gasteiger partial charge < -0.3 is 9.47 Å². The van der Waals surface area contributed by atoms with Crippen molar-refractivity contribution < 1.29 is 19.1 Å². The van der Waals surface area contributed by atoms with Crippen LogP contribution in [0.4, 0.5) is 0 Å². The molecule has 0 fully saturated rings. The maximum atomic E-state index is 12.5. The van der Waals surface area contributed by atoms with Crippen LogP contribution < -0.4 is 9.47 Å². The minimum Gasteiger partial charge on any atom is -0.423 e. The molecule has 0 heterocycles. The number of benzene rings is 2. The average Bonchev–Trinajstić information content (AvgIpc) is 2.58. The van der Waals surface area contributed by atoms with Gasteiger partial charge in [-0.25, -0.2) is 0 Å². The highest BCUT2D eigenvalue weighted by atomic mass is 35.5. The normalized spacial score (nSPS) is 10.7. The fourth-order valence-electron chi connectivity index (χ4n) is 2.05. The maximum absolute atomic E-state index is 12.5. The number of esters is 2. The molecule has 0 aliphatic carbocycles. The first-order valence-corrected chi connectivity index (χ1v) is 9.74. The van der Waals surface area contributed by atoms with Crippen molar-refractivity contribution >= 4 is 81.5 Å². The summed E-state index contributed by atoms with van der Waals surface area (Å²) in [5, 5.41) is 0.509. The third-order valence-electron chi connectivity index (χ3n) is 3.30. The van der Waals surface area contributed by atoms with E-state index in [1.54, 1.807) is 0 Å². The molecular weight excluding hydrogens is 493 g/mol. The summed E-state index contributed by atoms with van der Waals surface area (Å²) in [5.41, 5.74) is 0. The van der Waals surface area contributed by atoms with Crippen molar-refractivity contribution in [2.24, 2.45) is 5.92 Å². The molecule has 0 amide bonds. The van der Waals surface area contributed by atoms with Gasteiger partial charge in [-0.05, 0) is 30.7 Å². The molecule has 0 bridgehead atoms. The molecule has 0 N–H and O–H groups in total. The van der Waals surface area contributed by atoms with Crippen LogP contribution in [0.1, 0.15) is 6.42 Å². The topological polar surface area (TPSA) is 52.6 Å². The van der Waals surface area contributed by atoms with E-state index in [4.69, 9.17) is 79.1 Å². The van der Waals surface area contributed by atoms with Crippen molar-refractivity contribution in [2.45, 2.75) is 6.42 Å². The van der Waals surface area contributed by atoms with Crippen LogP contribution in [0.2, 0.25) is 30.1 Å². The van der Waals surface area contributed by atoms with Gasteiger partial charge in [0.1, 0.15) is 0 Å². The van der Waals surface area contributed by atoms with Crippen molar-refractivity contribution in [3.63, 3.8) is 0 Å². The van der Waals surface area contributed by atoms with Crippen LogP contribution >= 0.6 is 69.6 Å². The van der Waals surface area contributed by atoms with Gasteiger partial charge in [0.2, 0.25) is 0 Å². The highest BCUT2D eigenvalue weighted by Crippen LogP contribution is 2.38. The van der Waals surface area contributed by atoms with E-state index in [0.29, 0.717) is 0 Å². The fourth-order valence-corrected chi connectivity index (χ4v) is 3.84. The van der Waals surface area contributed by atoms with Crippen LogP contribution in [0.3, 0.4) is 0 Å². The minimum atomic E-state index is -1.37. The second-order valence-corrected chi connectivity index (χ2v) is 7.82. The number of allylic oxidation sites excluding steroid dienone is 1. The Bertz CT molecular complexity index is 826.